The lowest BCUT2D eigenvalue weighted by atomic mass is 10.3. The molecule has 0 spiro atoms. The van der Waals surface area contributed by atoms with Crippen molar-refractivity contribution in [1.29, 1.82) is 0 Å². The van der Waals surface area contributed by atoms with Crippen LogP contribution in [0.4, 0.5) is 18.9 Å². The number of halogens is 6. The van der Waals surface area contributed by atoms with Crippen LogP contribution in [-0.4, -0.2) is 11.3 Å². The van der Waals surface area contributed by atoms with Gasteiger partial charge in [0.1, 0.15) is 0 Å². The number of nitrogens with zero attached hydrogens (tertiary/aromatic N) is 1. The number of rotatable bonds is 1. The molecule has 7 heteroatoms. The van der Waals surface area contributed by atoms with E-state index in [9.17, 15) is 13.2 Å². The van der Waals surface area contributed by atoms with E-state index in [1.54, 1.807) is 6.07 Å². The van der Waals surface area contributed by atoms with E-state index in [2.05, 4.69) is 20.9 Å². The van der Waals surface area contributed by atoms with Crippen molar-refractivity contribution in [3.8, 4) is 0 Å². The fraction of sp³-hybridized carbons (Fsp3) is 0.125. The first-order chi connectivity index (χ1) is 6.82. The van der Waals surface area contributed by atoms with Gasteiger partial charge in [0.05, 0.1) is 10.7 Å². The van der Waals surface area contributed by atoms with E-state index in [1.807, 2.05) is 0 Å². The Balaban J connectivity index is 3.19. The van der Waals surface area contributed by atoms with Gasteiger partial charge in [-0.2, -0.15) is 13.2 Å². The molecule has 0 aromatic heterocycles. The molecule has 15 heavy (non-hydrogen) atoms. The summed E-state index contributed by atoms with van der Waals surface area (Å²) < 4.78 is 36.6. The Morgan fingerprint density at radius 2 is 1.93 bits per heavy atom. The molecule has 1 aromatic rings. The van der Waals surface area contributed by atoms with E-state index < -0.39 is 11.3 Å². The highest BCUT2D eigenvalue weighted by molar-refractivity contribution is 9.10. The minimum absolute atomic E-state index is 0.0403. The average Bonchev–Trinajstić information content (AvgIpc) is 2.09. The summed E-state index contributed by atoms with van der Waals surface area (Å²) >= 11 is 13.7. The fourth-order valence-electron chi connectivity index (χ4n) is 0.757. The highest BCUT2D eigenvalue weighted by Crippen LogP contribution is 2.35. The standard InChI is InChI=1S/C8H3BrCl2F3N/c9-4-2-1-3-5(10)6(4)15-7(11)8(12,13)14/h1-3H. The molecule has 0 amide bonds. The molecule has 0 fully saturated rings. The van der Waals surface area contributed by atoms with Crippen LogP contribution in [0.5, 0.6) is 0 Å². The van der Waals surface area contributed by atoms with Gasteiger partial charge < -0.3 is 0 Å². The summed E-state index contributed by atoms with van der Waals surface area (Å²) in [5, 5.41) is -1.37. The molecule has 0 bridgehead atoms. The predicted molar refractivity (Wildman–Crippen MR) is 58.2 cm³/mol. The molecule has 1 nitrogen and oxygen atoms in total. The molecule has 0 N–H and O–H groups in total. The zero-order valence-corrected chi connectivity index (χ0v) is 10.0. The van der Waals surface area contributed by atoms with Crippen molar-refractivity contribution in [2.75, 3.05) is 0 Å². The summed E-state index contributed by atoms with van der Waals surface area (Å²) in [6, 6.07) is 4.52. The van der Waals surface area contributed by atoms with E-state index in [4.69, 9.17) is 23.2 Å². The predicted octanol–water partition coefficient (Wildman–Crippen LogP) is 4.93. The van der Waals surface area contributed by atoms with Gasteiger partial charge in [-0.25, -0.2) is 4.99 Å². The summed E-state index contributed by atoms with van der Waals surface area (Å²) in [7, 11) is 0. The van der Waals surface area contributed by atoms with Gasteiger partial charge in [0.25, 0.3) is 0 Å². The third kappa shape index (κ3) is 3.36. The van der Waals surface area contributed by atoms with Crippen LogP contribution < -0.4 is 0 Å². The van der Waals surface area contributed by atoms with E-state index in [0.717, 1.165) is 0 Å². The van der Waals surface area contributed by atoms with Crippen molar-refractivity contribution in [3.63, 3.8) is 0 Å². The molecule has 0 aliphatic carbocycles. The van der Waals surface area contributed by atoms with Crippen LogP contribution in [0.15, 0.2) is 27.7 Å². The Morgan fingerprint density at radius 1 is 1.33 bits per heavy atom. The quantitative estimate of drug-likeness (QED) is 0.650. The van der Waals surface area contributed by atoms with E-state index in [1.165, 1.54) is 12.1 Å². The maximum atomic E-state index is 12.1. The van der Waals surface area contributed by atoms with Crippen LogP contribution in [0, 0.1) is 0 Å². The summed E-state index contributed by atoms with van der Waals surface area (Å²) in [6.07, 6.45) is -4.67. The first kappa shape index (κ1) is 12.8. The second kappa shape index (κ2) is 4.72. The minimum Gasteiger partial charge on any atom is -0.230 e. The lowest BCUT2D eigenvalue weighted by Crippen LogP contribution is -2.16. The van der Waals surface area contributed by atoms with Gasteiger partial charge in [0.2, 0.25) is 5.17 Å². The zero-order chi connectivity index (χ0) is 11.6. The van der Waals surface area contributed by atoms with Gasteiger partial charge in [-0.05, 0) is 28.1 Å². The second-order valence-corrected chi connectivity index (χ2v) is 4.09. The molecule has 0 radical (unpaired) electrons. The fourth-order valence-corrected chi connectivity index (χ4v) is 1.63. The van der Waals surface area contributed by atoms with E-state index in [-0.39, 0.29) is 10.7 Å². The summed E-state index contributed by atoms with van der Waals surface area (Å²) in [5.41, 5.74) is -0.0403. The van der Waals surface area contributed by atoms with Gasteiger partial charge in [0.15, 0.2) is 0 Å². The molecule has 0 aliphatic rings. The summed E-state index contributed by atoms with van der Waals surface area (Å²) in [5.74, 6) is 0. The lowest BCUT2D eigenvalue weighted by molar-refractivity contribution is -0.0558. The Morgan fingerprint density at radius 3 is 2.40 bits per heavy atom. The maximum Gasteiger partial charge on any atom is 0.444 e. The van der Waals surface area contributed by atoms with E-state index >= 15 is 0 Å². The summed E-state index contributed by atoms with van der Waals surface area (Å²) in [6.45, 7) is 0. The molecule has 0 aliphatic heterocycles. The molecule has 0 saturated carbocycles. The largest absolute Gasteiger partial charge is 0.444 e. The Labute approximate surface area is 102 Å². The third-order valence-electron chi connectivity index (χ3n) is 1.38. The average molecular weight is 321 g/mol. The van der Waals surface area contributed by atoms with Crippen LogP contribution in [0.3, 0.4) is 0 Å². The van der Waals surface area contributed by atoms with Gasteiger partial charge >= 0.3 is 6.18 Å². The SMILES string of the molecule is FC(F)(F)C(Cl)=Nc1c(Cl)cccc1Br. The van der Waals surface area contributed by atoms with Crippen molar-refractivity contribution in [1.82, 2.24) is 0 Å². The summed E-state index contributed by atoms with van der Waals surface area (Å²) in [4.78, 5) is 3.21. The first-order valence-corrected chi connectivity index (χ1v) is 5.12. The van der Waals surface area contributed by atoms with Crippen molar-refractivity contribution >= 4 is 50.0 Å². The smallest absolute Gasteiger partial charge is 0.230 e. The number of para-hydroxylation sites is 1. The topological polar surface area (TPSA) is 12.4 Å². The van der Waals surface area contributed by atoms with Crippen molar-refractivity contribution in [2.24, 2.45) is 4.99 Å². The van der Waals surface area contributed by atoms with Crippen molar-refractivity contribution < 1.29 is 13.2 Å². The number of alkyl halides is 3. The lowest BCUT2D eigenvalue weighted by Gasteiger charge is -2.05. The molecule has 0 atom stereocenters. The Bertz CT molecular complexity index is 383. The van der Waals surface area contributed by atoms with E-state index in [0.29, 0.717) is 4.47 Å². The molecule has 0 heterocycles. The minimum atomic E-state index is -4.67. The normalized spacial score (nSPS) is 13.1. The Kier molecular flexibility index (Phi) is 4.03. The molecule has 82 valence electrons. The van der Waals surface area contributed by atoms with Crippen LogP contribution in [0.2, 0.25) is 5.02 Å². The van der Waals surface area contributed by atoms with Crippen LogP contribution >= 0.6 is 39.1 Å². The van der Waals surface area contributed by atoms with Gasteiger partial charge in [-0.3, -0.25) is 0 Å². The van der Waals surface area contributed by atoms with Crippen LogP contribution in [-0.2, 0) is 0 Å². The molecule has 1 rings (SSSR count). The van der Waals surface area contributed by atoms with Gasteiger partial charge in [-0.1, -0.05) is 29.3 Å². The van der Waals surface area contributed by atoms with Gasteiger partial charge in [0, 0.05) is 4.47 Å². The second-order valence-electron chi connectivity index (χ2n) is 2.47. The highest BCUT2D eigenvalue weighted by Gasteiger charge is 2.34. The molecule has 0 unspecified atom stereocenters. The third-order valence-corrected chi connectivity index (χ3v) is 2.63. The van der Waals surface area contributed by atoms with Gasteiger partial charge in [-0.15, -0.1) is 0 Å². The number of benzene rings is 1. The Hall–Kier alpha value is -0.260. The monoisotopic (exact) mass is 319 g/mol. The molecular weight excluding hydrogens is 318 g/mol. The van der Waals surface area contributed by atoms with Crippen molar-refractivity contribution in [3.05, 3.63) is 27.7 Å². The first-order valence-electron chi connectivity index (χ1n) is 3.58. The highest BCUT2D eigenvalue weighted by atomic mass is 79.9. The molecular formula is C8H3BrCl2F3N. The zero-order valence-electron chi connectivity index (χ0n) is 6.95. The van der Waals surface area contributed by atoms with Crippen LogP contribution in [0.25, 0.3) is 0 Å². The maximum absolute atomic E-state index is 12.1. The number of hydrogen-bond donors (Lipinski definition) is 0. The number of aliphatic imine (C=N–C) groups is 1. The molecule has 0 saturated heterocycles. The number of hydrogen-bond acceptors (Lipinski definition) is 1. The molecule has 1 aromatic carbocycles. The van der Waals surface area contributed by atoms with Crippen LogP contribution in [0.1, 0.15) is 0 Å². The van der Waals surface area contributed by atoms with Crippen molar-refractivity contribution in [2.45, 2.75) is 6.18 Å².